The van der Waals surface area contributed by atoms with Crippen molar-refractivity contribution in [1.29, 1.82) is 0 Å². The zero-order valence-electron chi connectivity index (χ0n) is 26.4. The van der Waals surface area contributed by atoms with Gasteiger partial charge in [-0.2, -0.15) is 10.2 Å². The standard InChI is InChI=1S/C32H40N5O8P/c1-20(30(40)42-17-21-9-7-6-8-10-21)36-46(41,45-23-13-11-22(12-14-23)31(2,3)4)43-18-25-27(38)28(39)32(5,44-25)26-16-15-24-29(33)34-19-35-37(24)26/h6-16,19-20,25,27-28,38-39H,17-18H2,1-5H3,(H,36,41)(H2,33,34,35)/t20-,25+,27+,28+,32-,46?/m0/s1. The lowest BCUT2D eigenvalue weighted by molar-refractivity contribution is -0.146. The lowest BCUT2D eigenvalue weighted by Crippen LogP contribution is -2.40. The fourth-order valence-electron chi connectivity index (χ4n) is 5.22. The Bertz CT molecular complexity index is 1710. The Morgan fingerprint density at radius 1 is 1.13 bits per heavy atom. The monoisotopic (exact) mass is 653 g/mol. The molecule has 2 aromatic carbocycles. The summed E-state index contributed by atoms with van der Waals surface area (Å²) in [5, 5.41) is 29.0. The molecule has 6 atom stereocenters. The quantitative estimate of drug-likeness (QED) is 0.136. The van der Waals surface area contributed by atoms with Crippen LogP contribution in [0.3, 0.4) is 0 Å². The van der Waals surface area contributed by atoms with Crippen molar-refractivity contribution in [2.45, 2.75) is 76.6 Å². The molecule has 13 nitrogen and oxygen atoms in total. The summed E-state index contributed by atoms with van der Waals surface area (Å²) in [4.78, 5) is 16.8. The number of hydrogen-bond donors (Lipinski definition) is 4. The van der Waals surface area contributed by atoms with Gasteiger partial charge in [0.15, 0.2) is 5.82 Å². The van der Waals surface area contributed by atoms with Gasteiger partial charge in [0, 0.05) is 0 Å². The van der Waals surface area contributed by atoms with Gasteiger partial charge in [-0.3, -0.25) is 9.32 Å². The van der Waals surface area contributed by atoms with E-state index >= 15 is 0 Å². The normalized spacial score (nSPS) is 23.6. The predicted octanol–water partition coefficient (Wildman–Crippen LogP) is 3.87. The second-order valence-corrected chi connectivity index (χ2v) is 14.2. The summed E-state index contributed by atoms with van der Waals surface area (Å²) in [6.45, 7) is 8.82. The highest BCUT2D eigenvalue weighted by Crippen LogP contribution is 2.47. The third-order valence-electron chi connectivity index (χ3n) is 7.94. The second kappa shape index (κ2) is 13.1. The number of carbonyl (C=O) groups excluding carboxylic acids is 1. The molecule has 0 aliphatic carbocycles. The molecule has 14 heteroatoms. The first-order valence-corrected chi connectivity index (χ1v) is 16.4. The molecule has 0 saturated carbocycles. The molecule has 2 aromatic heterocycles. The van der Waals surface area contributed by atoms with Crippen LogP contribution >= 0.6 is 7.75 Å². The molecule has 1 aliphatic heterocycles. The van der Waals surface area contributed by atoms with Gasteiger partial charge >= 0.3 is 13.7 Å². The number of fused-ring (bicyclic) bond motifs is 1. The number of ether oxygens (including phenoxy) is 2. The van der Waals surface area contributed by atoms with E-state index in [4.69, 9.17) is 24.3 Å². The third-order valence-corrected chi connectivity index (χ3v) is 9.58. The summed E-state index contributed by atoms with van der Waals surface area (Å²) >= 11 is 0. The molecular formula is C32H40N5O8P. The molecule has 1 saturated heterocycles. The maximum Gasteiger partial charge on any atom is 0.459 e. The summed E-state index contributed by atoms with van der Waals surface area (Å²) in [5.74, 6) is -0.224. The lowest BCUT2D eigenvalue weighted by Gasteiger charge is -2.27. The highest BCUT2D eigenvalue weighted by Gasteiger charge is 2.54. The minimum absolute atomic E-state index is 0.0234. The van der Waals surface area contributed by atoms with Gasteiger partial charge in [-0.05, 0) is 54.7 Å². The predicted molar refractivity (Wildman–Crippen MR) is 170 cm³/mol. The van der Waals surface area contributed by atoms with Crippen LogP contribution in [0.25, 0.3) is 5.52 Å². The number of nitrogens with zero attached hydrogens (tertiary/aromatic N) is 3. The van der Waals surface area contributed by atoms with E-state index in [2.05, 4.69) is 35.9 Å². The van der Waals surface area contributed by atoms with Crippen LogP contribution in [0, 0.1) is 0 Å². The SMILES string of the molecule is C[C@H](NP(=O)(OC[C@H]1O[C@@](C)(c2ccc3c(N)ncnn23)[C@H](O)[C@@H]1O)Oc1ccc(C(C)(C)C)cc1)C(=O)OCc1ccccc1. The topological polar surface area (TPSA) is 180 Å². The molecule has 0 spiro atoms. The average molecular weight is 654 g/mol. The van der Waals surface area contributed by atoms with Crippen LogP contribution < -0.4 is 15.3 Å². The molecule has 0 bridgehead atoms. The van der Waals surface area contributed by atoms with E-state index in [-0.39, 0.29) is 23.6 Å². The molecule has 0 amide bonds. The molecule has 0 radical (unpaired) electrons. The van der Waals surface area contributed by atoms with Crippen molar-refractivity contribution < 1.29 is 38.1 Å². The van der Waals surface area contributed by atoms with Crippen LogP contribution in [0.5, 0.6) is 5.75 Å². The van der Waals surface area contributed by atoms with Gasteiger partial charge in [-0.1, -0.05) is 63.2 Å². The van der Waals surface area contributed by atoms with Crippen molar-refractivity contribution in [3.8, 4) is 5.75 Å². The molecular weight excluding hydrogens is 613 g/mol. The van der Waals surface area contributed by atoms with Gasteiger partial charge in [0.25, 0.3) is 0 Å². The van der Waals surface area contributed by atoms with E-state index in [0.717, 1.165) is 11.1 Å². The van der Waals surface area contributed by atoms with E-state index in [0.29, 0.717) is 11.2 Å². The zero-order valence-corrected chi connectivity index (χ0v) is 27.3. The van der Waals surface area contributed by atoms with E-state index in [9.17, 15) is 19.6 Å². The first-order valence-electron chi connectivity index (χ1n) is 14.9. The summed E-state index contributed by atoms with van der Waals surface area (Å²) in [5.41, 5.74) is 7.12. The van der Waals surface area contributed by atoms with E-state index in [1.807, 2.05) is 42.5 Å². The Kier molecular flexibility index (Phi) is 9.55. The zero-order chi connectivity index (χ0) is 33.3. The minimum Gasteiger partial charge on any atom is -0.460 e. The molecule has 5 N–H and O–H groups in total. The molecule has 3 heterocycles. The van der Waals surface area contributed by atoms with Crippen molar-refractivity contribution in [1.82, 2.24) is 19.7 Å². The highest BCUT2D eigenvalue weighted by molar-refractivity contribution is 7.52. The number of rotatable bonds is 11. The number of nitrogens with one attached hydrogen (secondary N) is 1. The molecule has 1 aliphatic rings. The smallest absolute Gasteiger partial charge is 0.459 e. The molecule has 1 fully saturated rings. The molecule has 46 heavy (non-hydrogen) atoms. The Hall–Kier alpha value is -3.84. The summed E-state index contributed by atoms with van der Waals surface area (Å²) in [6.07, 6.45) is -2.73. The fraction of sp³-hybridized carbons (Fsp3) is 0.406. The van der Waals surface area contributed by atoms with Gasteiger partial charge in [0.05, 0.1) is 12.3 Å². The van der Waals surface area contributed by atoms with E-state index < -0.39 is 50.3 Å². The van der Waals surface area contributed by atoms with Crippen LogP contribution in [0.1, 0.15) is 51.4 Å². The third kappa shape index (κ3) is 7.10. The Labute approximate surface area is 267 Å². The summed E-state index contributed by atoms with van der Waals surface area (Å²) in [7, 11) is -4.31. The number of aromatic nitrogens is 3. The molecule has 5 rings (SSSR count). The number of carbonyl (C=O) groups is 1. The number of nitrogens with two attached hydrogens (primary N) is 1. The number of nitrogen functional groups attached to an aromatic ring is 1. The van der Waals surface area contributed by atoms with Gasteiger partial charge in [-0.15, -0.1) is 0 Å². The number of aliphatic hydroxyl groups excluding tert-OH is 2. The number of aliphatic hydroxyl groups is 2. The number of esters is 1. The Morgan fingerprint density at radius 3 is 2.50 bits per heavy atom. The second-order valence-electron chi connectivity index (χ2n) is 12.5. The average Bonchev–Trinajstić information content (AvgIpc) is 3.56. The minimum atomic E-state index is -4.31. The number of benzene rings is 2. The van der Waals surface area contributed by atoms with Crippen LogP contribution in [0.15, 0.2) is 73.1 Å². The fourth-order valence-corrected chi connectivity index (χ4v) is 6.72. The van der Waals surface area contributed by atoms with Crippen LogP contribution in [0.2, 0.25) is 0 Å². The van der Waals surface area contributed by atoms with Crippen molar-refractivity contribution in [3.05, 3.63) is 89.9 Å². The Morgan fingerprint density at radius 2 is 1.83 bits per heavy atom. The van der Waals surface area contributed by atoms with Crippen molar-refractivity contribution in [2.24, 2.45) is 0 Å². The maximum absolute atomic E-state index is 14.2. The van der Waals surface area contributed by atoms with Crippen molar-refractivity contribution in [3.63, 3.8) is 0 Å². The molecule has 4 aromatic rings. The van der Waals surface area contributed by atoms with Crippen LogP contribution in [-0.2, 0) is 41.0 Å². The number of hydrogen-bond acceptors (Lipinski definition) is 11. The Balaban J connectivity index is 1.34. The van der Waals surface area contributed by atoms with E-state index in [1.165, 1.54) is 17.8 Å². The maximum atomic E-state index is 14.2. The van der Waals surface area contributed by atoms with Crippen LogP contribution in [-0.4, -0.2) is 61.7 Å². The summed E-state index contributed by atoms with van der Waals surface area (Å²) in [6, 6.07) is 18.4. The van der Waals surface area contributed by atoms with Gasteiger partial charge in [-0.25, -0.2) is 14.1 Å². The largest absolute Gasteiger partial charge is 0.460 e. The first-order chi connectivity index (χ1) is 21.7. The van der Waals surface area contributed by atoms with E-state index in [1.54, 1.807) is 31.2 Å². The van der Waals surface area contributed by atoms with Gasteiger partial charge in [0.1, 0.15) is 54.2 Å². The van der Waals surface area contributed by atoms with Crippen LogP contribution in [0.4, 0.5) is 5.82 Å². The summed E-state index contributed by atoms with van der Waals surface area (Å²) < 4.78 is 38.9. The lowest BCUT2D eigenvalue weighted by atomic mass is 9.87. The van der Waals surface area contributed by atoms with Crippen molar-refractivity contribution >= 4 is 25.1 Å². The van der Waals surface area contributed by atoms with Crippen molar-refractivity contribution in [2.75, 3.05) is 12.3 Å². The first kappa shape index (κ1) is 33.5. The van der Waals surface area contributed by atoms with Gasteiger partial charge in [0.2, 0.25) is 0 Å². The highest BCUT2D eigenvalue weighted by atomic mass is 31.2. The molecule has 246 valence electrons. The number of anilines is 1. The van der Waals surface area contributed by atoms with Gasteiger partial charge < -0.3 is 29.9 Å². The molecule has 1 unspecified atom stereocenters.